The Balaban J connectivity index is 1.87. The summed E-state index contributed by atoms with van der Waals surface area (Å²) in [5.41, 5.74) is 5.85. The zero-order chi connectivity index (χ0) is 18.7. The first-order valence-corrected chi connectivity index (χ1v) is 10.4. The van der Waals surface area contributed by atoms with E-state index in [9.17, 15) is 17.8 Å². The Bertz CT molecular complexity index is 737. The molecule has 0 saturated carbocycles. The molecule has 0 bridgehead atoms. The van der Waals surface area contributed by atoms with E-state index in [-0.39, 0.29) is 12.2 Å². The molecule has 1 aromatic rings. The standard InChI is InChI=1S/C15H26N6O4S/c16-15(22)14-13(11-20(17-14)18-7-3-1-4-8-18)12-21(26(23,24)25)19-9-5-2-6-10-19/h11H,1-10,12H2,(H2,16,22)(H,23,24,25). The molecule has 2 saturated heterocycles. The lowest BCUT2D eigenvalue weighted by molar-refractivity contribution is 0.0239. The largest absolute Gasteiger partial charge is 0.364 e. The number of piperidine rings is 2. The number of nitrogens with zero attached hydrogens (tertiary/aromatic N) is 5. The third-order valence-electron chi connectivity index (χ3n) is 4.85. The number of hydrazine groups is 1. The van der Waals surface area contributed by atoms with Crippen LogP contribution in [-0.2, 0) is 16.8 Å². The molecule has 0 spiro atoms. The number of hydrogen-bond donors (Lipinski definition) is 2. The molecule has 3 heterocycles. The van der Waals surface area contributed by atoms with Gasteiger partial charge in [0.15, 0.2) is 5.69 Å². The number of amides is 1. The normalized spacial score (nSPS) is 19.8. The maximum atomic E-state index is 11.9. The third-order valence-corrected chi connectivity index (χ3v) is 5.75. The lowest BCUT2D eigenvalue weighted by atomic mass is 10.2. The lowest BCUT2D eigenvalue weighted by Gasteiger charge is -2.34. The Hall–Kier alpha value is -1.69. The molecule has 1 aromatic heterocycles. The van der Waals surface area contributed by atoms with Gasteiger partial charge in [-0.3, -0.25) is 14.4 Å². The second kappa shape index (κ2) is 7.91. The monoisotopic (exact) mass is 386 g/mol. The predicted molar refractivity (Wildman–Crippen MR) is 95.1 cm³/mol. The maximum Gasteiger partial charge on any atom is 0.349 e. The van der Waals surface area contributed by atoms with E-state index >= 15 is 0 Å². The molecule has 0 atom stereocenters. The van der Waals surface area contributed by atoms with E-state index in [2.05, 4.69) is 5.10 Å². The van der Waals surface area contributed by atoms with Crippen molar-refractivity contribution >= 4 is 16.2 Å². The molecule has 0 aromatic carbocycles. The van der Waals surface area contributed by atoms with Crippen molar-refractivity contribution in [3.05, 3.63) is 17.5 Å². The van der Waals surface area contributed by atoms with E-state index in [4.69, 9.17) is 5.73 Å². The minimum Gasteiger partial charge on any atom is -0.364 e. The van der Waals surface area contributed by atoms with Gasteiger partial charge in [0.2, 0.25) is 0 Å². The molecule has 11 heteroatoms. The third kappa shape index (κ3) is 4.34. The van der Waals surface area contributed by atoms with Crippen LogP contribution in [0.4, 0.5) is 0 Å². The molecule has 2 fully saturated rings. The number of hydrogen-bond acceptors (Lipinski definition) is 6. The van der Waals surface area contributed by atoms with Gasteiger partial charge in [-0.05, 0) is 32.1 Å². The summed E-state index contributed by atoms with van der Waals surface area (Å²) in [5, 5.41) is 7.86. The van der Waals surface area contributed by atoms with Crippen LogP contribution >= 0.6 is 0 Å². The van der Waals surface area contributed by atoms with Gasteiger partial charge in [-0.25, -0.2) is 5.01 Å². The number of primary amides is 1. The Morgan fingerprint density at radius 2 is 1.69 bits per heavy atom. The van der Waals surface area contributed by atoms with Crippen LogP contribution in [0.3, 0.4) is 0 Å². The van der Waals surface area contributed by atoms with Gasteiger partial charge in [-0.2, -0.15) is 13.2 Å². The van der Waals surface area contributed by atoms with Crippen LogP contribution in [-0.4, -0.2) is 64.4 Å². The highest BCUT2D eigenvalue weighted by Gasteiger charge is 2.30. The summed E-state index contributed by atoms with van der Waals surface area (Å²) in [4.78, 5) is 13.4. The van der Waals surface area contributed by atoms with Crippen LogP contribution in [0.5, 0.6) is 0 Å². The molecule has 3 N–H and O–H groups in total. The Labute approximate surface area is 153 Å². The van der Waals surface area contributed by atoms with E-state index in [1.807, 2.05) is 5.01 Å². The molecule has 26 heavy (non-hydrogen) atoms. The van der Waals surface area contributed by atoms with Gasteiger partial charge in [-0.15, -0.1) is 9.51 Å². The van der Waals surface area contributed by atoms with Crippen molar-refractivity contribution in [2.24, 2.45) is 5.73 Å². The summed E-state index contributed by atoms with van der Waals surface area (Å²) in [5.74, 6) is -0.718. The van der Waals surface area contributed by atoms with Crippen molar-refractivity contribution in [2.45, 2.75) is 45.1 Å². The van der Waals surface area contributed by atoms with Crippen molar-refractivity contribution in [3.63, 3.8) is 0 Å². The van der Waals surface area contributed by atoms with Gasteiger partial charge in [0, 0.05) is 31.7 Å². The van der Waals surface area contributed by atoms with Gasteiger partial charge in [0.25, 0.3) is 5.91 Å². The maximum absolute atomic E-state index is 11.9. The molecule has 3 rings (SSSR count). The molecule has 0 unspecified atom stereocenters. The highest BCUT2D eigenvalue weighted by molar-refractivity contribution is 7.83. The number of rotatable bonds is 6. The van der Waals surface area contributed by atoms with Crippen molar-refractivity contribution < 1.29 is 17.8 Å². The number of carbonyl (C=O) groups excluding carboxylic acids is 1. The van der Waals surface area contributed by atoms with Crippen LogP contribution in [0.1, 0.15) is 54.6 Å². The van der Waals surface area contributed by atoms with Crippen molar-refractivity contribution in [1.82, 2.24) is 19.3 Å². The smallest absolute Gasteiger partial charge is 0.349 e. The van der Waals surface area contributed by atoms with Crippen molar-refractivity contribution in [3.8, 4) is 0 Å². The van der Waals surface area contributed by atoms with Gasteiger partial charge < -0.3 is 5.73 Å². The molecular formula is C15H26N6O4S. The Kier molecular flexibility index (Phi) is 5.80. The number of carbonyl (C=O) groups is 1. The van der Waals surface area contributed by atoms with Crippen LogP contribution < -0.4 is 10.7 Å². The summed E-state index contributed by atoms with van der Waals surface area (Å²) >= 11 is 0. The minimum absolute atomic E-state index is 0.0289. The Morgan fingerprint density at radius 3 is 2.23 bits per heavy atom. The highest BCUT2D eigenvalue weighted by atomic mass is 32.2. The molecule has 2 aliphatic heterocycles. The molecule has 146 valence electrons. The van der Waals surface area contributed by atoms with Gasteiger partial charge in [-0.1, -0.05) is 6.42 Å². The van der Waals surface area contributed by atoms with E-state index in [1.54, 1.807) is 16.0 Å². The minimum atomic E-state index is -4.46. The summed E-state index contributed by atoms with van der Waals surface area (Å²) in [7, 11) is -4.46. The fraction of sp³-hybridized carbons (Fsp3) is 0.733. The predicted octanol–water partition coefficient (Wildman–Crippen LogP) is 0.110. The molecule has 0 radical (unpaired) electrons. The van der Waals surface area contributed by atoms with Crippen LogP contribution in [0.2, 0.25) is 0 Å². The van der Waals surface area contributed by atoms with Crippen molar-refractivity contribution in [1.29, 1.82) is 0 Å². The summed E-state index contributed by atoms with van der Waals surface area (Å²) < 4.78 is 34.4. The number of aromatic nitrogens is 2. The van der Waals surface area contributed by atoms with E-state index in [0.29, 0.717) is 18.7 Å². The van der Waals surface area contributed by atoms with Gasteiger partial charge >= 0.3 is 10.3 Å². The van der Waals surface area contributed by atoms with E-state index in [1.165, 1.54) is 0 Å². The highest BCUT2D eigenvalue weighted by Crippen LogP contribution is 2.20. The van der Waals surface area contributed by atoms with Gasteiger partial charge in [0.1, 0.15) is 0 Å². The van der Waals surface area contributed by atoms with Crippen LogP contribution in [0.25, 0.3) is 0 Å². The fourth-order valence-corrected chi connectivity index (χ4v) is 4.28. The molecule has 0 aliphatic carbocycles. The van der Waals surface area contributed by atoms with E-state index < -0.39 is 16.2 Å². The summed E-state index contributed by atoms with van der Waals surface area (Å²) in [6.45, 7) is 2.52. The zero-order valence-corrected chi connectivity index (χ0v) is 15.6. The summed E-state index contributed by atoms with van der Waals surface area (Å²) in [6.07, 6.45) is 7.57. The van der Waals surface area contributed by atoms with Crippen molar-refractivity contribution in [2.75, 3.05) is 31.2 Å². The lowest BCUT2D eigenvalue weighted by Crippen LogP contribution is -2.48. The molecule has 1 amide bonds. The summed E-state index contributed by atoms with van der Waals surface area (Å²) in [6, 6.07) is 0. The average molecular weight is 386 g/mol. The Morgan fingerprint density at radius 1 is 1.12 bits per heavy atom. The van der Waals surface area contributed by atoms with Crippen LogP contribution in [0, 0.1) is 0 Å². The molecular weight excluding hydrogens is 360 g/mol. The number of nitrogens with two attached hydrogens (primary N) is 1. The quantitative estimate of drug-likeness (QED) is 0.665. The first kappa shape index (κ1) is 19.1. The second-order valence-corrected chi connectivity index (χ2v) is 8.09. The fourth-order valence-electron chi connectivity index (χ4n) is 3.52. The molecule has 2 aliphatic rings. The van der Waals surface area contributed by atoms with Gasteiger partial charge in [0.05, 0.1) is 12.7 Å². The van der Waals surface area contributed by atoms with E-state index in [0.717, 1.165) is 56.0 Å². The average Bonchev–Trinajstić information content (AvgIpc) is 3.04. The SMILES string of the molecule is NC(=O)c1nn(N2CCCCC2)cc1CN(N1CCCCC1)S(=O)(=O)O. The zero-order valence-electron chi connectivity index (χ0n) is 14.7. The molecule has 10 nitrogen and oxygen atoms in total. The second-order valence-electron chi connectivity index (χ2n) is 6.77. The van der Waals surface area contributed by atoms with Crippen LogP contribution in [0.15, 0.2) is 6.20 Å². The topological polar surface area (TPSA) is 125 Å². The first-order chi connectivity index (χ1) is 12.4. The first-order valence-electron chi connectivity index (χ1n) is 9.00.